The number of pyridine rings is 2. The van der Waals surface area contributed by atoms with Crippen molar-refractivity contribution < 1.29 is 38.4 Å². The van der Waals surface area contributed by atoms with Gasteiger partial charge in [-0.25, -0.2) is 19.6 Å². The van der Waals surface area contributed by atoms with Crippen molar-refractivity contribution in [3.8, 4) is 0 Å². The first kappa shape index (κ1) is 72.0. The lowest BCUT2D eigenvalue weighted by atomic mass is 9.90. The quantitative estimate of drug-likeness (QED) is 0.0582. The highest BCUT2D eigenvalue weighted by Gasteiger charge is 2.38. The summed E-state index contributed by atoms with van der Waals surface area (Å²) in [5.74, 6) is 0.00310. The number of aliphatic hydroxyl groups is 1. The number of nitrogens with zero attached hydrogens (tertiary/aromatic N) is 10. The van der Waals surface area contributed by atoms with Gasteiger partial charge in [-0.05, 0) is 155 Å². The van der Waals surface area contributed by atoms with Crippen molar-refractivity contribution in [2.24, 2.45) is 0 Å². The summed E-state index contributed by atoms with van der Waals surface area (Å²) >= 11 is 16.7. The van der Waals surface area contributed by atoms with Crippen LogP contribution in [0.4, 0.5) is 9.59 Å². The molecule has 2 fully saturated rings. The van der Waals surface area contributed by atoms with Gasteiger partial charge in [0.2, 0.25) is 0 Å². The van der Waals surface area contributed by atoms with Crippen LogP contribution in [-0.2, 0) is 32.4 Å². The minimum Gasteiger partial charge on any atom is -0.444 e. The van der Waals surface area contributed by atoms with Gasteiger partial charge < -0.3 is 43.0 Å². The number of hydrogen-bond donors (Lipinski definition) is 1. The van der Waals surface area contributed by atoms with Gasteiger partial charge in [0.05, 0.1) is 41.8 Å². The zero-order valence-electron chi connectivity index (χ0n) is 56.3. The Labute approximate surface area is 564 Å². The largest absolute Gasteiger partial charge is 0.444 e. The fraction of sp³-hybridized carbons (Fsp3) is 0.493. The van der Waals surface area contributed by atoms with Crippen molar-refractivity contribution in [1.82, 2.24) is 48.7 Å². The number of amides is 2. The number of Topliss-reactive ketones (excluding diaryl/α,β-unsaturated/α-hetero) is 1. The number of rotatable bonds is 15. The standard InChI is InChI=1S/C34H46ClN5O4Si.C23H25BrClN3O2.C12H22N2O2Si/c1-23-29(37-21-40(23)22-43-17-18-45(5,6)7)32(41)28-19-24-9-8-12-36-30(24)31(26-11-10-25(35)20-27(26)28)38-13-15-39(16-14-38)33(42)44-34(2,3)4;1-23(2,3)30-22(29)28-11-9-27(10-12-28)21-17-7-6-16(25)14-18(17)19(24)13-15-5-4-8-26-20(15)21;1-10-12(11(2)15)13-8-14(10)9-16-6-7-17(3,4)5/h8-12,19-21,31-32,41H,13-18,22H2,1-7H3;4-8,13-14,21H,9-12H2,1-3H3;8H,6-7,9H2,1-5H3/t31-,32?;21-;/m00./s1. The Morgan fingerprint density at radius 2 is 1.05 bits per heavy atom. The molecule has 2 saturated heterocycles. The van der Waals surface area contributed by atoms with Crippen molar-refractivity contribution in [2.45, 2.75) is 157 Å². The Balaban J connectivity index is 0.000000198. The minimum absolute atomic E-state index is 0.00310. The maximum atomic E-state index is 12.8. The molecule has 3 atom stereocenters. The molecule has 92 heavy (non-hydrogen) atoms. The highest BCUT2D eigenvalue weighted by Crippen LogP contribution is 2.46. The second-order valence-electron chi connectivity index (χ2n) is 28.3. The number of ether oxygens (including phenoxy) is 4. The topological polar surface area (TPSA) is 183 Å². The molecule has 4 aromatic heterocycles. The number of imidazole rings is 2. The highest BCUT2D eigenvalue weighted by atomic mass is 79.9. The van der Waals surface area contributed by atoms with Crippen LogP contribution in [0.5, 0.6) is 0 Å². The summed E-state index contributed by atoms with van der Waals surface area (Å²) in [4.78, 5) is 63.1. The van der Waals surface area contributed by atoms with E-state index in [1.165, 1.54) is 6.92 Å². The zero-order chi connectivity index (χ0) is 67.0. The van der Waals surface area contributed by atoms with E-state index in [0.717, 1.165) is 92.4 Å². The third-order valence-electron chi connectivity index (χ3n) is 16.3. The predicted octanol–water partition coefficient (Wildman–Crippen LogP) is 15.1. The molecule has 10 rings (SSSR count). The molecule has 2 amide bonds. The number of carbonyl (C=O) groups is 3. The van der Waals surface area contributed by atoms with E-state index < -0.39 is 33.5 Å². The summed E-state index contributed by atoms with van der Waals surface area (Å²) in [5.41, 5.74) is 10.5. The van der Waals surface area contributed by atoms with Crippen molar-refractivity contribution in [3.05, 3.63) is 163 Å². The normalized spacial score (nSPS) is 17.4. The molecule has 0 saturated carbocycles. The van der Waals surface area contributed by atoms with Crippen LogP contribution < -0.4 is 0 Å². The van der Waals surface area contributed by atoms with Crippen LogP contribution in [-0.4, -0.2) is 165 Å². The lowest BCUT2D eigenvalue weighted by Gasteiger charge is -2.40. The van der Waals surface area contributed by atoms with Gasteiger partial charge in [0, 0.05) is 127 Å². The Hall–Kier alpha value is -5.86. The summed E-state index contributed by atoms with van der Waals surface area (Å²) in [6, 6.07) is 21.9. The van der Waals surface area contributed by atoms with Gasteiger partial charge in [-0.1, -0.05) is 103 Å². The van der Waals surface area contributed by atoms with Gasteiger partial charge in [0.25, 0.3) is 0 Å². The van der Waals surface area contributed by atoms with Crippen LogP contribution >= 0.6 is 39.1 Å². The van der Waals surface area contributed by atoms with Crippen molar-refractivity contribution >= 4 is 95.5 Å². The van der Waals surface area contributed by atoms with Crippen LogP contribution in [0.15, 0.2) is 85.7 Å². The Morgan fingerprint density at radius 1 is 0.620 bits per heavy atom. The summed E-state index contributed by atoms with van der Waals surface area (Å²) in [7, 11) is -2.22. The minimum atomic E-state index is -1.19. The lowest BCUT2D eigenvalue weighted by molar-refractivity contribution is 0.0109. The van der Waals surface area contributed by atoms with E-state index in [0.29, 0.717) is 86.3 Å². The molecule has 496 valence electrons. The van der Waals surface area contributed by atoms with Crippen LogP contribution in [0, 0.1) is 13.8 Å². The average molecular weight is 1400 g/mol. The van der Waals surface area contributed by atoms with E-state index in [-0.39, 0.29) is 30.1 Å². The maximum absolute atomic E-state index is 12.8. The SMILES string of the molecule is CC(=O)c1ncn(COCC[Si](C)(C)C)c1C.CC(C)(C)OC(=O)N1CCN([C@H]2c3ccc(Cl)cc3C(Br)=Cc3cccnc32)CC1.Cc1c(C(O)C2=Cc3cccnc3[C@@H](N3CCN(C(=O)OC(C)(C)C)CC3)c3ccc(Cl)cc32)ncn1COCC[Si](C)(C)C. The first-order valence-electron chi connectivity index (χ1n) is 31.7. The highest BCUT2D eigenvalue weighted by molar-refractivity contribution is 9.15. The molecular weight excluding hydrogens is 1300 g/mol. The van der Waals surface area contributed by atoms with Crippen LogP contribution in [0.3, 0.4) is 0 Å². The number of hydrogen-bond acceptors (Lipinski definition) is 14. The van der Waals surface area contributed by atoms with Crippen LogP contribution in [0.25, 0.3) is 22.2 Å². The number of ketones is 1. The monoisotopic (exact) mass is 1390 g/mol. The molecule has 6 aromatic rings. The van der Waals surface area contributed by atoms with E-state index in [1.807, 2.05) is 132 Å². The predicted molar refractivity (Wildman–Crippen MR) is 376 cm³/mol. The summed E-state index contributed by atoms with van der Waals surface area (Å²) in [6.45, 7) is 38.1. The lowest BCUT2D eigenvalue weighted by Crippen LogP contribution is -2.51. The first-order valence-corrected chi connectivity index (χ1v) is 40.6. The molecule has 23 heteroatoms. The Morgan fingerprint density at radius 3 is 1.50 bits per heavy atom. The van der Waals surface area contributed by atoms with Crippen molar-refractivity contribution in [1.29, 1.82) is 0 Å². The van der Waals surface area contributed by atoms with E-state index in [4.69, 9.17) is 52.1 Å². The van der Waals surface area contributed by atoms with Gasteiger partial charge in [-0.3, -0.25) is 24.6 Å². The zero-order valence-corrected chi connectivity index (χ0v) is 61.4. The smallest absolute Gasteiger partial charge is 0.410 e. The van der Waals surface area contributed by atoms with Gasteiger partial charge in [0.1, 0.15) is 36.5 Å². The number of aromatic nitrogens is 6. The van der Waals surface area contributed by atoms with Crippen molar-refractivity contribution in [3.63, 3.8) is 0 Å². The van der Waals surface area contributed by atoms with Gasteiger partial charge in [-0.2, -0.15) is 0 Å². The second-order valence-corrected chi connectivity index (χ2v) is 41.3. The van der Waals surface area contributed by atoms with E-state index in [2.05, 4.69) is 93.2 Å². The number of fused-ring (bicyclic) bond motifs is 4. The van der Waals surface area contributed by atoms with Crippen molar-refractivity contribution in [2.75, 3.05) is 65.6 Å². The van der Waals surface area contributed by atoms with E-state index in [9.17, 15) is 19.5 Å². The van der Waals surface area contributed by atoms with Gasteiger partial charge in [-0.15, -0.1) is 0 Å². The molecule has 1 unspecified atom stereocenters. The summed E-state index contributed by atoms with van der Waals surface area (Å²) in [6.07, 6.45) is 9.63. The molecule has 18 nitrogen and oxygen atoms in total. The molecule has 0 bridgehead atoms. The molecule has 6 heterocycles. The summed E-state index contributed by atoms with van der Waals surface area (Å²) < 4.78 is 27.6. The van der Waals surface area contributed by atoms with Crippen LogP contribution in [0.1, 0.15) is 139 Å². The molecule has 2 aliphatic heterocycles. The molecule has 0 spiro atoms. The number of carbonyl (C=O) groups excluding carboxylic acids is 3. The molecule has 2 aliphatic carbocycles. The Kier molecular flexibility index (Phi) is 24.0. The number of benzene rings is 2. The number of aliphatic hydroxyl groups excluding tert-OH is 1. The fourth-order valence-corrected chi connectivity index (χ4v) is 13.7. The number of halogens is 3. The first-order chi connectivity index (χ1) is 43.3. The second kappa shape index (κ2) is 30.7. The third kappa shape index (κ3) is 19.2. The molecule has 1 N–H and O–H groups in total. The van der Waals surface area contributed by atoms with E-state index in [1.54, 1.807) is 22.5 Å². The van der Waals surface area contributed by atoms with Gasteiger partial charge >= 0.3 is 12.2 Å². The third-order valence-corrected chi connectivity index (χ3v) is 20.8. The summed E-state index contributed by atoms with van der Waals surface area (Å²) in [5, 5.41) is 13.3. The maximum Gasteiger partial charge on any atom is 0.410 e. The van der Waals surface area contributed by atoms with Crippen LogP contribution in [0.2, 0.25) is 61.4 Å². The molecule has 0 radical (unpaired) electrons. The van der Waals surface area contributed by atoms with E-state index >= 15 is 0 Å². The molecule has 2 aromatic carbocycles. The fourth-order valence-electron chi connectivity index (χ4n) is 11.3. The van der Waals surface area contributed by atoms with Gasteiger partial charge in [0.15, 0.2) is 5.78 Å². The molecule has 4 aliphatic rings. The average Bonchev–Trinajstić information content (AvgIpc) is 1.56. The number of piperazine rings is 2. The Bertz CT molecular complexity index is 3630. The molecular formula is C69H93BrCl2N10O8Si2.